The quantitative estimate of drug-likeness (QED) is 0.441. The van der Waals surface area contributed by atoms with E-state index in [-0.39, 0.29) is 23.7 Å². The third-order valence-corrected chi connectivity index (χ3v) is 6.93. The number of anilines is 1. The van der Waals surface area contributed by atoms with Gasteiger partial charge < -0.3 is 10.2 Å². The van der Waals surface area contributed by atoms with Crippen LogP contribution in [0.4, 0.5) is 10.5 Å². The number of amides is 3. The smallest absolute Gasteiger partial charge is 0.329 e. The molecule has 2 aromatic rings. The lowest BCUT2D eigenvalue weighted by atomic mass is 9.87. The predicted octanol–water partition coefficient (Wildman–Crippen LogP) is 6.03. The van der Waals surface area contributed by atoms with Gasteiger partial charge in [-0.15, -0.1) is 0 Å². The van der Waals surface area contributed by atoms with Gasteiger partial charge in [0.05, 0.1) is 22.1 Å². The van der Waals surface area contributed by atoms with Crippen LogP contribution >= 0.6 is 23.2 Å². The molecule has 1 fully saturated rings. The number of aryl methyl sites for hydroxylation is 1. The van der Waals surface area contributed by atoms with Crippen LogP contribution < -0.4 is 10.2 Å². The molecule has 0 unspecified atom stereocenters. The highest BCUT2D eigenvalue weighted by atomic mass is 35.5. The maximum atomic E-state index is 13.0. The summed E-state index contributed by atoms with van der Waals surface area (Å²) in [5.74, 6) is -0.372. The molecule has 2 aliphatic heterocycles. The molecule has 7 heteroatoms. The van der Waals surface area contributed by atoms with Crippen LogP contribution in [0.1, 0.15) is 43.0 Å². The first kappa shape index (κ1) is 22.4. The molecule has 0 bridgehead atoms. The third-order valence-electron chi connectivity index (χ3n) is 6.19. The summed E-state index contributed by atoms with van der Waals surface area (Å²) in [6.07, 6.45) is 3.99. The van der Waals surface area contributed by atoms with Gasteiger partial charge in [-0.25, -0.2) is 4.79 Å². The Labute approximate surface area is 198 Å². The summed E-state index contributed by atoms with van der Waals surface area (Å²) in [7, 11) is 2.08. The molecule has 0 radical (unpaired) electrons. The SMILES string of the molecule is CC1=CC(C)(C)N(C)c2cc(C)c(/C=C3/NC(=O)N(Cc4ccc(Cl)c(Cl)c4)C3=O)cc21. The van der Waals surface area contributed by atoms with Gasteiger partial charge in [0, 0.05) is 18.3 Å². The van der Waals surface area contributed by atoms with Gasteiger partial charge in [0.2, 0.25) is 0 Å². The summed E-state index contributed by atoms with van der Waals surface area (Å²) in [5.41, 5.74) is 6.27. The average molecular weight is 470 g/mol. The molecule has 166 valence electrons. The molecule has 5 nitrogen and oxygen atoms in total. The zero-order valence-electron chi connectivity index (χ0n) is 18.7. The number of rotatable bonds is 3. The van der Waals surface area contributed by atoms with E-state index >= 15 is 0 Å². The molecule has 0 aliphatic carbocycles. The van der Waals surface area contributed by atoms with Crippen LogP contribution in [0.15, 0.2) is 42.1 Å². The van der Waals surface area contributed by atoms with Crippen molar-refractivity contribution in [3.8, 4) is 0 Å². The van der Waals surface area contributed by atoms with E-state index in [1.165, 1.54) is 10.5 Å². The van der Waals surface area contributed by atoms with Crippen molar-refractivity contribution in [1.29, 1.82) is 0 Å². The van der Waals surface area contributed by atoms with Gasteiger partial charge in [-0.05, 0) is 80.3 Å². The van der Waals surface area contributed by atoms with Crippen molar-refractivity contribution in [3.63, 3.8) is 0 Å². The number of allylic oxidation sites excluding steroid dienone is 1. The van der Waals surface area contributed by atoms with Gasteiger partial charge in [-0.3, -0.25) is 9.69 Å². The van der Waals surface area contributed by atoms with Gasteiger partial charge in [-0.1, -0.05) is 35.3 Å². The van der Waals surface area contributed by atoms with Gasteiger partial charge in [-0.2, -0.15) is 0 Å². The number of likely N-dealkylation sites (N-methyl/N-ethyl adjacent to an activating group) is 1. The second kappa shape index (κ2) is 7.98. The fourth-order valence-corrected chi connectivity index (χ4v) is 4.49. The van der Waals surface area contributed by atoms with E-state index in [1.54, 1.807) is 24.3 Å². The minimum absolute atomic E-state index is 0.0794. The minimum atomic E-state index is -0.458. The minimum Gasteiger partial charge on any atom is -0.365 e. The molecule has 4 rings (SSSR count). The van der Waals surface area contributed by atoms with E-state index in [0.29, 0.717) is 10.0 Å². The summed E-state index contributed by atoms with van der Waals surface area (Å²) in [6.45, 7) is 8.58. The molecule has 1 saturated heterocycles. The lowest BCUT2D eigenvalue weighted by Crippen LogP contribution is -2.42. The van der Waals surface area contributed by atoms with Crippen LogP contribution in [0.25, 0.3) is 11.6 Å². The van der Waals surface area contributed by atoms with Crippen LogP contribution in [-0.4, -0.2) is 29.4 Å². The van der Waals surface area contributed by atoms with E-state index in [1.807, 2.05) is 6.92 Å². The van der Waals surface area contributed by atoms with Crippen LogP contribution in [0, 0.1) is 6.92 Å². The third kappa shape index (κ3) is 3.91. The molecular formula is C25H25Cl2N3O2. The molecule has 2 aliphatic rings. The van der Waals surface area contributed by atoms with Crippen molar-refractivity contribution in [2.24, 2.45) is 0 Å². The van der Waals surface area contributed by atoms with Crippen LogP contribution in [-0.2, 0) is 11.3 Å². The summed E-state index contributed by atoms with van der Waals surface area (Å²) in [6, 6.07) is 8.81. The summed E-state index contributed by atoms with van der Waals surface area (Å²) in [4.78, 5) is 28.9. The second-order valence-corrected chi connectivity index (χ2v) is 9.71. The number of hydrogen-bond acceptors (Lipinski definition) is 3. The molecule has 1 N–H and O–H groups in total. The summed E-state index contributed by atoms with van der Waals surface area (Å²) >= 11 is 12.0. The first-order valence-electron chi connectivity index (χ1n) is 10.3. The molecule has 3 amide bonds. The average Bonchev–Trinajstić information content (AvgIpc) is 2.97. The van der Waals surface area contributed by atoms with Gasteiger partial charge in [0.1, 0.15) is 5.70 Å². The molecule has 2 heterocycles. The Morgan fingerprint density at radius 3 is 2.47 bits per heavy atom. The lowest BCUT2D eigenvalue weighted by Gasteiger charge is -2.41. The topological polar surface area (TPSA) is 52.7 Å². The zero-order chi connectivity index (χ0) is 23.4. The Kier molecular flexibility index (Phi) is 5.60. The first-order chi connectivity index (χ1) is 15.0. The van der Waals surface area contributed by atoms with E-state index < -0.39 is 6.03 Å². The number of halogens is 2. The predicted molar refractivity (Wildman–Crippen MR) is 131 cm³/mol. The largest absolute Gasteiger partial charge is 0.365 e. The fraction of sp³-hybridized carbons (Fsp3) is 0.280. The molecule has 2 aromatic carbocycles. The van der Waals surface area contributed by atoms with Crippen molar-refractivity contribution in [3.05, 3.63) is 74.4 Å². The summed E-state index contributed by atoms with van der Waals surface area (Å²) < 4.78 is 0. The van der Waals surface area contributed by atoms with E-state index in [0.717, 1.165) is 27.9 Å². The number of carbonyl (C=O) groups is 2. The zero-order valence-corrected chi connectivity index (χ0v) is 20.2. The summed E-state index contributed by atoms with van der Waals surface area (Å²) in [5, 5.41) is 3.51. The maximum absolute atomic E-state index is 13.0. The number of imide groups is 1. The van der Waals surface area contributed by atoms with Gasteiger partial charge in [0.15, 0.2) is 0 Å². The van der Waals surface area contributed by atoms with Crippen LogP contribution in [0.3, 0.4) is 0 Å². The Morgan fingerprint density at radius 1 is 1.06 bits per heavy atom. The van der Waals surface area contributed by atoms with Crippen molar-refractivity contribution < 1.29 is 9.59 Å². The van der Waals surface area contributed by atoms with Crippen molar-refractivity contribution in [2.75, 3.05) is 11.9 Å². The number of urea groups is 1. The van der Waals surface area contributed by atoms with E-state index in [2.05, 4.69) is 56.2 Å². The number of carbonyl (C=O) groups excluding carboxylic acids is 2. The number of fused-ring (bicyclic) bond motifs is 1. The standard InChI is InChI=1S/C25H25Cl2N3O2/c1-14-8-22-18(15(2)12-25(3,4)29(22)5)10-17(14)11-21-23(31)30(24(32)28-21)13-16-6-7-19(26)20(27)9-16/h6-12H,13H2,1-5H3,(H,28,32)/b21-11+. The molecule has 0 atom stereocenters. The highest BCUT2D eigenvalue weighted by Crippen LogP contribution is 2.39. The maximum Gasteiger partial charge on any atom is 0.329 e. The van der Waals surface area contributed by atoms with Gasteiger partial charge >= 0.3 is 6.03 Å². The normalized spacial score (nSPS) is 18.7. The van der Waals surface area contributed by atoms with Crippen LogP contribution in [0.5, 0.6) is 0 Å². The highest BCUT2D eigenvalue weighted by Gasteiger charge is 2.34. The van der Waals surface area contributed by atoms with E-state index in [4.69, 9.17) is 23.2 Å². The van der Waals surface area contributed by atoms with Crippen molar-refractivity contribution in [1.82, 2.24) is 10.2 Å². The molecule has 32 heavy (non-hydrogen) atoms. The number of hydrogen-bond donors (Lipinski definition) is 1. The molecular weight excluding hydrogens is 445 g/mol. The second-order valence-electron chi connectivity index (χ2n) is 8.89. The monoisotopic (exact) mass is 469 g/mol. The Balaban J connectivity index is 1.65. The Hall–Kier alpha value is -2.76. The molecule has 0 spiro atoms. The van der Waals surface area contributed by atoms with Crippen molar-refractivity contribution >= 4 is 52.5 Å². The molecule has 0 saturated carbocycles. The van der Waals surface area contributed by atoms with Gasteiger partial charge in [0.25, 0.3) is 5.91 Å². The molecule has 0 aromatic heterocycles. The number of benzene rings is 2. The lowest BCUT2D eigenvalue weighted by molar-refractivity contribution is -0.123. The first-order valence-corrected chi connectivity index (χ1v) is 11.1. The van der Waals surface area contributed by atoms with Crippen molar-refractivity contribution in [2.45, 2.75) is 39.8 Å². The fourth-order valence-electron chi connectivity index (χ4n) is 4.16. The number of nitrogens with one attached hydrogen (secondary N) is 1. The van der Waals surface area contributed by atoms with Crippen LogP contribution in [0.2, 0.25) is 10.0 Å². The highest BCUT2D eigenvalue weighted by molar-refractivity contribution is 6.42. The Bertz CT molecular complexity index is 1210. The van der Waals surface area contributed by atoms with E-state index in [9.17, 15) is 9.59 Å². The number of nitrogens with zero attached hydrogens (tertiary/aromatic N) is 2. The Morgan fingerprint density at radius 2 is 1.78 bits per heavy atom.